The fourth-order valence-corrected chi connectivity index (χ4v) is 3.19. The van der Waals surface area contributed by atoms with Crippen molar-refractivity contribution in [1.29, 1.82) is 0 Å². The number of carboxylic acids is 1. The largest absolute Gasteiger partial charge is 0.478 e. The van der Waals surface area contributed by atoms with Crippen molar-refractivity contribution in [1.82, 2.24) is 15.0 Å². The molecule has 2 aromatic rings. The lowest BCUT2D eigenvalue weighted by molar-refractivity contribution is 0.0698. The van der Waals surface area contributed by atoms with Gasteiger partial charge in [-0.1, -0.05) is 37.0 Å². The number of hydrogen-bond donors (Lipinski definition) is 1. The van der Waals surface area contributed by atoms with E-state index in [0.717, 1.165) is 18.9 Å². The number of benzene rings is 1. The first kappa shape index (κ1) is 13.1. The Morgan fingerprint density at radius 3 is 2.90 bits per heavy atom. The van der Waals surface area contributed by atoms with Crippen LogP contribution in [0.25, 0.3) is 11.0 Å². The molecule has 1 N–H and O–H groups in total. The van der Waals surface area contributed by atoms with Crippen LogP contribution in [0.1, 0.15) is 48.9 Å². The van der Waals surface area contributed by atoms with E-state index in [2.05, 4.69) is 10.3 Å². The molecule has 0 unspecified atom stereocenters. The van der Waals surface area contributed by atoms with E-state index in [4.69, 9.17) is 0 Å². The molecular formula is C15H19N3O2. The van der Waals surface area contributed by atoms with Crippen molar-refractivity contribution in [2.45, 2.75) is 45.1 Å². The Bertz CT molecular complexity index is 615. The van der Waals surface area contributed by atoms with Crippen LogP contribution in [0.5, 0.6) is 0 Å². The fourth-order valence-electron chi connectivity index (χ4n) is 3.19. The van der Waals surface area contributed by atoms with Crippen molar-refractivity contribution in [2.24, 2.45) is 5.92 Å². The molecule has 0 bridgehead atoms. The first-order valence-corrected chi connectivity index (χ1v) is 7.31. The third kappa shape index (κ3) is 2.53. The quantitative estimate of drug-likeness (QED) is 0.909. The van der Waals surface area contributed by atoms with E-state index in [-0.39, 0.29) is 5.56 Å². The molecule has 1 aliphatic carbocycles. The molecule has 1 heterocycles. The van der Waals surface area contributed by atoms with E-state index in [1.165, 1.54) is 32.1 Å². The standard InChI is InChI=1S/C15H19N3O2/c19-15(20)12-8-3-9-13-14(12)18(17-16-13)10-4-7-11-5-1-2-6-11/h3,8-9,11H,1-2,4-7,10H2,(H,19,20). The highest BCUT2D eigenvalue weighted by molar-refractivity contribution is 6.00. The van der Waals surface area contributed by atoms with Crippen molar-refractivity contribution in [2.75, 3.05) is 0 Å². The zero-order valence-corrected chi connectivity index (χ0v) is 11.5. The number of aryl methyl sites for hydroxylation is 1. The molecule has 1 aromatic carbocycles. The van der Waals surface area contributed by atoms with E-state index in [0.29, 0.717) is 11.0 Å². The Morgan fingerprint density at radius 1 is 1.35 bits per heavy atom. The van der Waals surface area contributed by atoms with Crippen LogP contribution < -0.4 is 0 Å². The van der Waals surface area contributed by atoms with Crippen LogP contribution in [-0.2, 0) is 6.54 Å². The Morgan fingerprint density at radius 2 is 2.15 bits per heavy atom. The highest BCUT2D eigenvalue weighted by Crippen LogP contribution is 2.28. The van der Waals surface area contributed by atoms with Crippen molar-refractivity contribution in [3.05, 3.63) is 23.8 Å². The molecule has 5 nitrogen and oxygen atoms in total. The van der Waals surface area contributed by atoms with Gasteiger partial charge in [0, 0.05) is 6.54 Å². The molecule has 1 saturated carbocycles. The summed E-state index contributed by atoms with van der Waals surface area (Å²) in [6, 6.07) is 5.13. The number of hydrogen-bond acceptors (Lipinski definition) is 3. The average molecular weight is 273 g/mol. The summed E-state index contributed by atoms with van der Waals surface area (Å²) in [4.78, 5) is 11.3. The van der Waals surface area contributed by atoms with E-state index < -0.39 is 5.97 Å². The van der Waals surface area contributed by atoms with Gasteiger partial charge >= 0.3 is 5.97 Å². The Balaban J connectivity index is 1.75. The zero-order valence-electron chi connectivity index (χ0n) is 11.5. The number of nitrogens with zero attached hydrogens (tertiary/aromatic N) is 3. The second-order valence-corrected chi connectivity index (χ2v) is 5.58. The van der Waals surface area contributed by atoms with Crippen LogP contribution in [0, 0.1) is 5.92 Å². The maximum Gasteiger partial charge on any atom is 0.337 e. The number of rotatable bonds is 5. The number of aromatic carboxylic acids is 1. The first-order valence-electron chi connectivity index (χ1n) is 7.31. The van der Waals surface area contributed by atoms with Crippen LogP contribution in [0.3, 0.4) is 0 Å². The third-order valence-corrected chi connectivity index (χ3v) is 4.22. The SMILES string of the molecule is O=C(O)c1cccc2nnn(CCCC3CCCC3)c12. The molecule has 1 fully saturated rings. The molecule has 1 aliphatic rings. The minimum Gasteiger partial charge on any atom is -0.478 e. The second kappa shape index (κ2) is 5.61. The minimum atomic E-state index is -0.921. The molecule has 3 rings (SSSR count). The molecular weight excluding hydrogens is 254 g/mol. The molecule has 0 atom stereocenters. The Hall–Kier alpha value is -1.91. The predicted octanol–water partition coefficient (Wildman–Crippen LogP) is 3.10. The van der Waals surface area contributed by atoms with Gasteiger partial charge in [-0.25, -0.2) is 9.48 Å². The van der Waals surface area contributed by atoms with Gasteiger partial charge in [-0.05, 0) is 30.9 Å². The maximum atomic E-state index is 11.3. The molecule has 0 radical (unpaired) electrons. The normalized spacial score (nSPS) is 16.0. The molecule has 0 spiro atoms. The lowest BCUT2D eigenvalue weighted by Gasteiger charge is -2.09. The first-order chi connectivity index (χ1) is 9.75. The van der Waals surface area contributed by atoms with E-state index in [1.807, 2.05) is 6.07 Å². The summed E-state index contributed by atoms with van der Waals surface area (Å²) < 4.78 is 1.74. The molecule has 20 heavy (non-hydrogen) atoms. The lowest BCUT2D eigenvalue weighted by atomic mass is 10.0. The summed E-state index contributed by atoms with van der Waals surface area (Å²) in [7, 11) is 0. The van der Waals surface area contributed by atoms with Crippen molar-refractivity contribution in [3.63, 3.8) is 0 Å². The summed E-state index contributed by atoms with van der Waals surface area (Å²) >= 11 is 0. The lowest BCUT2D eigenvalue weighted by Crippen LogP contribution is -2.06. The summed E-state index contributed by atoms with van der Waals surface area (Å²) in [5.41, 5.74) is 1.59. The average Bonchev–Trinajstić information content (AvgIpc) is 3.08. The van der Waals surface area contributed by atoms with E-state index >= 15 is 0 Å². The topological polar surface area (TPSA) is 68.0 Å². The van der Waals surface area contributed by atoms with Crippen molar-refractivity contribution >= 4 is 17.0 Å². The van der Waals surface area contributed by atoms with Crippen LogP contribution >= 0.6 is 0 Å². The minimum absolute atomic E-state index is 0.286. The summed E-state index contributed by atoms with van der Waals surface area (Å²) in [6.45, 7) is 0.747. The second-order valence-electron chi connectivity index (χ2n) is 5.58. The summed E-state index contributed by atoms with van der Waals surface area (Å²) in [5.74, 6) is -0.0707. The monoisotopic (exact) mass is 273 g/mol. The number of fused-ring (bicyclic) bond motifs is 1. The highest BCUT2D eigenvalue weighted by Gasteiger charge is 2.16. The van der Waals surface area contributed by atoms with Gasteiger partial charge in [0.15, 0.2) is 0 Å². The summed E-state index contributed by atoms with van der Waals surface area (Å²) in [6.07, 6.45) is 7.66. The van der Waals surface area contributed by atoms with Gasteiger partial charge in [-0.2, -0.15) is 0 Å². The van der Waals surface area contributed by atoms with Gasteiger partial charge in [-0.3, -0.25) is 0 Å². The molecule has 0 saturated heterocycles. The van der Waals surface area contributed by atoms with E-state index in [9.17, 15) is 9.90 Å². The third-order valence-electron chi connectivity index (χ3n) is 4.22. The van der Waals surface area contributed by atoms with Crippen LogP contribution in [0.2, 0.25) is 0 Å². The molecule has 106 valence electrons. The summed E-state index contributed by atoms with van der Waals surface area (Å²) in [5, 5.41) is 17.4. The fraction of sp³-hybridized carbons (Fsp3) is 0.533. The predicted molar refractivity (Wildman–Crippen MR) is 75.7 cm³/mol. The van der Waals surface area contributed by atoms with E-state index in [1.54, 1.807) is 16.8 Å². The smallest absolute Gasteiger partial charge is 0.337 e. The van der Waals surface area contributed by atoms with Crippen molar-refractivity contribution < 1.29 is 9.90 Å². The molecule has 0 aliphatic heterocycles. The van der Waals surface area contributed by atoms with Crippen molar-refractivity contribution in [3.8, 4) is 0 Å². The van der Waals surface area contributed by atoms with Gasteiger partial charge < -0.3 is 5.11 Å². The number of carbonyl (C=O) groups is 1. The highest BCUT2D eigenvalue weighted by atomic mass is 16.4. The number of carboxylic acid groups (broad SMARTS) is 1. The van der Waals surface area contributed by atoms with Crippen LogP contribution in [0.15, 0.2) is 18.2 Å². The molecule has 5 heteroatoms. The van der Waals surface area contributed by atoms with Gasteiger partial charge in [0.1, 0.15) is 11.0 Å². The molecule has 1 aromatic heterocycles. The Labute approximate surface area is 117 Å². The zero-order chi connectivity index (χ0) is 13.9. The molecule has 0 amide bonds. The van der Waals surface area contributed by atoms with Gasteiger partial charge in [0.05, 0.1) is 5.56 Å². The Kier molecular flexibility index (Phi) is 3.67. The maximum absolute atomic E-state index is 11.3. The van der Waals surface area contributed by atoms with Crippen LogP contribution in [0.4, 0.5) is 0 Å². The van der Waals surface area contributed by atoms with Crippen LogP contribution in [-0.4, -0.2) is 26.1 Å². The van der Waals surface area contributed by atoms with Gasteiger partial charge in [-0.15, -0.1) is 5.10 Å². The number of aromatic nitrogens is 3. The number of para-hydroxylation sites is 1. The van der Waals surface area contributed by atoms with Gasteiger partial charge in [0.25, 0.3) is 0 Å². The van der Waals surface area contributed by atoms with Gasteiger partial charge in [0.2, 0.25) is 0 Å².